The molecule has 0 aliphatic heterocycles. The average molecular weight is 677 g/mol. The Balaban J connectivity index is 1.10. The van der Waals surface area contributed by atoms with Crippen molar-refractivity contribution in [3.8, 4) is 33.4 Å². The number of para-hydroxylation sites is 1. The molecule has 0 saturated heterocycles. The zero-order valence-electron chi connectivity index (χ0n) is 29.3. The summed E-state index contributed by atoms with van der Waals surface area (Å²) in [5.41, 5.74) is 13.9. The molecule has 2 nitrogen and oxygen atoms in total. The molecule has 0 unspecified atom stereocenters. The first-order chi connectivity index (χ1) is 26.0. The van der Waals surface area contributed by atoms with Gasteiger partial charge in [0.1, 0.15) is 22.3 Å². The molecular formula is C51H32O2. The lowest BCUT2D eigenvalue weighted by Gasteiger charge is -2.23. The number of hydrogen-bond acceptors (Lipinski definition) is 2. The highest BCUT2D eigenvalue weighted by Gasteiger charge is 2.35. The van der Waals surface area contributed by atoms with Gasteiger partial charge >= 0.3 is 0 Å². The second-order valence-corrected chi connectivity index (χ2v) is 15.2. The Morgan fingerprint density at radius 3 is 1.57 bits per heavy atom. The molecule has 0 bridgehead atoms. The number of rotatable bonds is 2. The molecule has 12 rings (SSSR count). The van der Waals surface area contributed by atoms with Crippen LogP contribution in [0.2, 0.25) is 0 Å². The van der Waals surface area contributed by atoms with Crippen LogP contribution in [-0.2, 0) is 5.41 Å². The van der Waals surface area contributed by atoms with Crippen molar-refractivity contribution in [3.63, 3.8) is 0 Å². The van der Waals surface area contributed by atoms with Gasteiger partial charge in [0, 0.05) is 27.0 Å². The van der Waals surface area contributed by atoms with E-state index in [1.807, 2.05) is 12.1 Å². The third-order valence-electron chi connectivity index (χ3n) is 12.1. The van der Waals surface area contributed by atoms with Gasteiger partial charge in [0.15, 0.2) is 0 Å². The van der Waals surface area contributed by atoms with E-state index >= 15 is 0 Å². The summed E-state index contributed by atoms with van der Waals surface area (Å²) in [6, 6.07) is 57.6. The highest BCUT2D eigenvalue weighted by atomic mass is 16.3. The Labute approximate surface area is 305 Å². The maximum Gasteiger partial charge on any atom is 0.147 e. The van der Waals surface area contributed by atoms with Gasteiger partial charge in [0.2, 0.25) is 0 Å². The topological polar surface area (TPSA) is 26.3 Å². The Bertz CT molecular complexity index is 3310. The van der Waals surface area contributed by atoms with Crippen molar-refractivity contribution >= 4 is 76.2 Å². The fraction of sp³-hybridized carbons (Fsp3) is 0.0588. The van der Waals surface area contributed by atoms with Crippen LogP contribution in [-0.4, -0.2) is 0 Å². The van der Waals surface area contributed by atoms with Gasteiger partial charge in [-0.15, -0.1) is 0 Å². The fourth-order valence-corrected chi connectivity index (χ4v) is 9.58. The molecule has 11 aromatic rings. The largest absolute Gasteiger partial charge is 0.455 e. The van der Waals surface area contributed by atoms with Gasteiger partial charge in [-0.1, -0.05) is 135 Å². The maximum atomic E-state index is 6.73. The molecule has 53 heavy (non-hydrogen) atoms. The molecule has 1 aliphatic carbocycles. The van der Waals surface area contributed by atoms with Gasteiger partial charge in [-0.25, -0.2) is 0 Å². The maximum absolute atomic E-state index is 6.73. The van der Waals surface area contributed by atoms with E-state index in [4.69, 9.17) is 8.83 Å². The Morgan fingerprint density at radius 2 is 0.887 bits per heavy atom. The molecule has 0 saturated carbocycles. The lowest BCUT2D eigenvalue weighted by molar-refractivity contribution is 0.660. The Kier molecular flexibility index (Phi) is 5.60. The molecule has 2 heteroatoms. The first-order valence-corrected chi connectivity index (χ1v) is 18.4. The fourth-order valence-electron chi connectivity index (χ4n) is 9.58. The third-order valence-corrected chi connectivity index (χ3v) is 12.1. The van der Waals surface area contributed by atoms with Crippen LogP contribution in [0.4, 0.5) is 0 Å². The van der Waals surface area contributed by atoms with E-state index in [-0.39, 0.29) is 5.41 Å². The minimum atomic E-state index is -0.0717. The van der Waals surface area contributed by atoms with E-state index in [0.717, 1.165) is 54.6 Å². The summed E-state index contributed by atoms with van der Waals surface area (Å²) in [6.45, 7) is 4.72. The molecule has 0 fully saturated rings. The third kappa shape index (κ3) is 3.82. The smallest absolute Gasteiger partial charge is 0.147 e. The summed E-state index contributed by atoms with van der Waals surface area (Å²) in [5.74, 6) is 0. The number of benzene rings is 9. The van der Waals surface area contributed by atoms with Crippen molar-refractivity contribution in [2.75, 3.05) is 0 Å². The molecular weight excluding hydrogens is 645 g/mol. The summed E-state index contributed by atoms with van der Waals surface area (Å²) in [7, 11) is 0. The Morgan fingerprint density at radius 1 is 0.377 bits per heavy atom. The van der Waals surface area contributed by atoms with Crippen molar-refractivity contribution in [2.45, 2.75) is 19.3 Å². The van der Waals surface area contributed by atoms with E-state index in [2.05, 4.69) is 159 Å². The van der Waals surface area contributed by atoms with Gasteiger partial charge in [0.05, 0.1) is 5.39 Å². The highest BCUT2D eigenvalue weighted by molar-refractivity contribution is 6.26. The first kappa shape index (κ1) is 29.0. The van der Waals surface area contributed by atoms with Crippen molar-refractivity contribution in [2.24, 2.45) is 0 Å². The number of hydrogen-bond donors (Lipinski definition) is 0. The first-order valence-electron chi connectivity index (χ1n) is 18.4. The van der Waals surface area contributed by atoms with Gasteiger partial charge in [-0.2, -0.15) is 0 Å². The molecule has 9 aromatic carbocycles. The van der Waals surface area contributed by atoms with Crippen LogP contribution >= 0.6 is 0 Å². The van der Waals surface area contributed by atoms with Crippen LogP contribution < -0.4 is 0 Å². The van der Waals surface area contributed by atoms with Crippen LogP contribution in [0.15, 0.2) is 167 Å². The molecule has 248 valence electrons. The van der Waals surface area contributed by atoms with Crippen molar-refractivity contribution < 1.29 is 8.83 Å². The van der Waals surface area contributed by atoms with Crippen LogP contribution in [0.25, 0.3) is 110 Å². The van der Waals surface area contributed by atoms with Crippen LogP contribution in [0.1, 0.15) is 25.0 Å². The second kappa shape index (κ2) is 10.2. The van der Waals surface area contributed by atoms with Crippen molar-refractivity contribution in [3.05, 3.63) is 169 Å². The second-order valence-electron chi connectivity index (χ2n) is 15.2. The van der Waals surface area contributed by atoms with E-state index < -0.39 is 0 Å². The molecule has 2 aromatic heterocycles. The van der Waals surface area contributed by atoms with Crippen LogP contribution in [0.3, 0.4) is 0 Å². The summed E-state index contributed by atoms with van der Waals surface area (Å²) in [5, 5.41) is 11.5. The minimum Gasteiger partial charge on any atom is -0.455 e. The van der Waals surface area contributed by atoms with E-state index in [0.29, 0.717) is 0 Å². The van der Waals surface area contributed by atoms with Crippen LogP contribution in [0.5, 0.6) is 0 Å². The van der Waals surface area contributed by atoms with Gasteiger partial charge in [-0.3, -0.25) is 0 Å². The lowest BCUT2D eigenvalue weighted by atomic mass is 9.80. The highest BCUT2D eigenvalue weighted by Crippen LogP contribution is 2.51. The monoisotopic (exact) mass is 676 g/mol. The summed E-state index contributed by atoms with van der Waals surface area (Å²) in [6.07, 6.45) is 0. The number of fused-ring (bicyclic) bond motifs is 14. The normalized spacial score (nSPS) is 13.6. The van der Waals surface area contributed by atoms with E-state index in [9.17, 15) is 0 Å². The van der Waals surface area contributed by atoms with Gasteiger partial charge < -0.3 is 8.83 Å². The summed E-state index contributed by atoms with van der Waals surface area (Å²) >= 11 is 0. The summed E-state index contributed by atoms with van der Waals surface area (Å²) in [4.78, 5) is 0. The standard InChI is InChI=1S/C51H32O2/c1-51(2)42-17-9-7-11-32(42)33-23-21-31(28-43(33)51)47-37-15-5-3-13-35(37)46(36-14-4-6-16-38(36)47)30-22-26-45-41(27-30)40-25-20-29-19-24-39-34-12-8-10-18-44(34)52-49(39)48(29)50(40)53-45/h3-28H,1-2H3. The van der Waals surface area contributed by atoms with Crippen molar-refractivity contribution in [1.82, 2.24) is 0 Å². The Hall–Kier alpha value is -6.64. The van der Waals surface area contributed by atoms with Gasteiger partial charge in [0.25, 0.3) is 0 Å². The predicted molar refractivity (Wildman–Crippen MR) is 222 cm³/mol. The number of furan rings is 2. The summed E-state index contributed by atoms with van der Waals surface area (Å²) < 4.78 is 13.2. The van der Waals surface area contributed by atoms with E-state index in [1.54, 1.807) is 0 Å². The average Bonchev–Trinajstić information content (AvgIpc) is 3.84. The van der Waals surface area contributed by atoms with Crippen molar-refractivity contribution in [1.29, 1.82) is 0 Å². The molecule has 0 spiro atoms. The zero-order chi connectivity index (χ0) is 35.0. The minimum absolute atomic E-state index is 0.0717. The van der Waals surface area contributed by atoms with Gasteiger partial charge in [-0.05, 0) is 108 Å². The van der Waals surface area contributed by atoms with E-state index in [1.165, 1.54) is 66.1 Å². The zero-order valence-corrected chi connectivity index (χ0v) is 29.3. The quantitative estimate of drug-likeness (QED) is 0.170. The lowest BCUT2D eigenvalue weighted by Crippen LogP contribution is -2.14. The molecule has 0 radical (unpaired) electrons. The molecule has 1 aliphatic rings. The SMILES string of the molecule is CC1(C)c2ccccc2-c2ccc(-c3c4ccccc4c(-c4ccc5oc6c(ccc7ccc8c9ccccc9oc8c76)c5c4)c4ccccc34)cc21. The molecule has 0 N–H and O–H groups in total. The van der Waals surface area contributed by atoms with Crippen LogP contribution in [0, 0.1) is 0 Å². The molecule has 2 heterocycles. The molecule has 0 amide bonds. The molecule has 0 atom stereocenters. The predicted octanol–water partition coefficient (Wildman–Crippen LogP) is 14.6.